The molecule has 0 radical (unpaired) electrons. The zero-order chi connectivity index (χ0) is 16.0. The van der Waals surface area contributed by atoms with Gasteiger partial charge in [0.2, 0.25) is 0 Å². The highest BCUT2D eigenvalue weighted by Crippen LogP contribution is 2.29. The van der Waals surface area contributed by atoms with Gasteiger partial charge in [-0.25, -0.2) is 4.79 Å². The summed E-state index contributed by atoms with van der Waals surface area (Å²) in [5.74, 6) is -0.0653. The van der Waals surface area contributed by atoms with Gasteiger partial charge < -0.3 is 15.3 Å². The normalized spacial score (nSPS) is 25.0. The van der Waals surface area contributed by atoms with E-state index in [4.69, 9.17) is 0 Å². The minimum Gasteiger partial charge on any atom is -0.481 e. The van der Waals surface area contributed by atoms with Crippen LogP contribution in [0.2, 0.25) is 0 Å². The maximum absolute atomic E-state index is 12.2. The summed E-state index contributed by atoms with van der Waals surface area (Å²) >= 11 is 0. The Morgan fingerprint density at radius 2 is 1.81 bits per heavy atom. The Bertz CT molecular complexity index is 365. The molecule has 0 bridgehead atoms. The standard InChI is InChI=1S/C16H30N2O3/c1-5-12-7-9-13(10-8-12)18(4)15(21)17-11-16(3,6-2)14(19)20/h12-13H,5-11H2,1-4H3,(H,17,21)(H,19,20). The minimum atomic E-state index is -0.892. The molecule has 0 aromatic heterocycles. The average Bonchev–Trinajstić information content (AvgIpc) is 2.51. The number of urea groups is 1. The molecule has 0 saturated heterocycles. The SMILES string of the molecule is CCC1CCC(N(C)C(=O)NCC(C)(CC)C(=O)O)CC1. The third-order valence-electron chi connectivity index (χ3n) is 5.19. The lowest BCUT2D eigenvalue weighted by Crippen LogP contribution is -2.49. The number of aliphatic carboxylic acids is 1. The van der Waals surface area contributed by atoms with E-state index in [0.29, 0.717) is 6.42 Å². The van der Waals surface area contributed by atoms with Crippen LogP contribution in [0.5, 0.6) is 0 Å². The van der Waals surface area contributed by atoms with Crippen LogP contribution in [0.4, 0.5) is 4.79 Å². The van der Waals surface area contributed by atoms with E-state index in [-0.39, 0.29) is 18.6 Å². The van der Waals surface area contributed by atoms with Crippen molar-refractivity contribution in [2.75, 3.05) is 13.6 Å². The van der Waals surface area contributed by atoms with Crippen LogP contribution in [-0.2, 0) is 4.79 Å². The maximum atomic E-state index is 12.2. The Kier molecular flexibility index (Phi) is 6.49. The molecular formula is C16H30N2O3. The van der Waals surface area contributed by atoms with Gasteiger partial charge in [-0.1, -0.05) is 20.3 Å². The number of hydrogen-bond donors (Lipinski definition) is 2. The van der Waals surface area contributed by atoms with Gasteiger partial charge in [0.1, 0.15) is 0 Å². The van der Waals surface area contributed by atoms with E-state index >= 15 is 0 Å². The van der Waals surface area contributed by atoms with Gasteiger partial charge in [-0.3, -0.25) is 4.79 Å². The molecule has 21 heavy (non-hydrogen) atoms. The highest BCUT2D eigenvalue weighted by molar-refractivity contribution is 5.77. The van der Waals surface area contributed by atoms with Crippen LogP contribution in [-0.4, -0.2) is 41.6 Å². The van der Waals surface area contributed by atoms with Gasteiger partial charge in [0.05, 0.1) is 5.41 Å². The van der Waals surface area contributed by atoms with Crippen molar-refractivity contribution in [1.29, 1.82) is 0 Å². The van der Waals surface area contributed by atoms with Gasteiger partial charge in [-0.2, -0.15) is 0 Å². The van der Waals surface area contributed by atoms with Crippen LogP contribution in [0.1, 0.15) is 59.3 Å². The first-order valence-corrected chi connectivity index (χ1v) is 8.08. The molecule has 0 aromatic carbocycles. The molecule has 0 heterocycles. The van der Waals surface area contributed by atoms with Gasteiger partial charge in [-0.15, -0.1) is 0 Å². The third kappa shape index (κ3) is 4.61. The van der Waals surface area contributed by atoms with Crippen molar-refractivity contribution in [1.82, 2.24) is 10.2 Å². The number of carbonyl (C=O) groups excluding carboxylic acids is 1. The molecule has 1 aliphatic rings. The summed E-state index contributed by atoms with van der Waals surface area (Å²) in [6, 6.07) is 0.126. The Balaban J connectivity index is 2.46. The smallest absolute Gasteiger partial charge is 0.317 e. The van der Waals surface area contributed by atoms with Crippen molar-refractivity contribution in [3.63, 3.8) is 0 Å². The Morgan fingerprint density at radius 3 is 2.24 bits per heavy atom. The molecule has 1 aliphatic carbocycles. The molecule has 0 aliphatic heterocycles. The second kappa shape index (κ2) is 7.66. The Labute approximate surface area is 128 Å². The number of nitrogens with one attached hydrogen (secondary N) is 1. The zero-order valence-electron chi connectivity index (χ0n) is 13.8. The lowest BCUT2D eigenvalue weighted by Gasteiger charge is -2.35. The fourth-order valence-electron chi connectivity index (χ4n) is 2.85. The summed E-state index contributed by atoms with van der Waals surface area (Å²) in [6.07, 6.45) is 6.17. The summed E-state index contributed by atoms with van der Waals surface area (Å²) in [5, 5.41) is 12.0. The molecule has 1 fully saturated rings. The van der Waals surface area contributed by atoms with E-state index in [2.05, 4.69) is 12.2 Å². The number of nitrogens with zero attached hydrogens (tertiary/aromatic N) is 1. The summed E-state index contributed by atoms with van der Waals surface area (Å²) < 4.78 is 0. The summed E-state index contributed by atoms with van der Waals surface area (Å²) in [6.45, 7) is 5.89. The molecule has 2 amide bonds. The van der Waals surface area contributed by atoms with Gasteiger partial charge in [-0.05, 0) is 44.9 Å². The fraction of sp³-hybridized carbons (Fsp3) is 0.875. The molecule has 1 unspecified atom stereocenters. The second-order valence-corrected chi connectivity index (χ2v) is 6.57. The quantitative estimate of drug-likeness (QED) is 0.791. The number of carbonyl (C=O) groups is 2. The summed E-state index contributed by atoms with van der Waals surface area (Å²) in [7, 11) is 1.82. The van der Waals surface area contributed by atoms with Crippen LogP contribution in [0.3, 0.4) is 0 Å². The maximum Gasteiger partial charge on any atom is 0.317 e. The minimum absolute atomic E-state index is 0.157. The Morgan fingerprint density at radius 1 is 1.24 bits per heavy atom. The van der Waals surface area contributed by atoms with Crippen molar-refractivity contribution in [2.45, 2.75) is 65.3 Å². The highest BCUT2D eigenvalue weighted by atomic mass is 16.4. The fourth-order valence-corrected chi connectivity index (χ4v) is 2.85. The molecule has 1 saturated carbocycles. The van der Waals surface area contributed by atoms with E-state index in [1.165, 1.54) is 19.3 Å². The summed E-state index contributed by atoms with van der Waals surface area (Å²) in [5.41, 5.74) is -0.892. The first kappa shape index (κ1) is 17.8. The predicted molar refractivity (Wildman–Crippen MR) is 83.2 cm³/mol. The number of carboxylic acids is 1. The van der Waals surface area contributed by atoms with Crippen molar-refractivity contribution in [2.24, 2.45) is 11.3 Å². The monoisotopic (exact) mass is 298 g/mol. The van der Waals surface area contributed by atoms with Gasteiger partial charge >= 0.3 is 12.0 Å². The molecule has 2 N–H and O–H groups in total. The first-order valence-electron chi connectivity index (χ1n) is 8.08. The van der Waals surface area contributed by atoms with Crippen LogP contribution in [0, 0.1) is 11.3 Å². The number of hydrogen-bond acceptors (Lipinski definition) is 2. The molecule has 0 aromatic rings. The van der Waals surface area contributed by atoms with E-state index in [9.17, 15) is 14.7 Å². The van der Waals surface area contributed by atoms with E-state index in [0.717, 1.165) is 18.8 Å². The molecule has 5 heteroatoms. The number of carboxylic acid groups (broad SMARTS) is 1. The molecular weight excluding hydrogens is 268 g/mol. The lowest BCUT2D eigenvalue weighted by molar-refractivity contribution is -0.147. The highest BCUT2D eigenvalue weighted by Gasteiger charge is 2.32. The van der Waals surface area contributed by atoms with E-state index in [1.807, 2.05) is 14.0 Å². The van der Waals surface area contributed by atoms with Crippen molar-refractivity contribution in [3.05, 3.63) is 0 Å². The first-order chi connectivity index (χ1) is 9.84. The van der Waals surface area contributed by atoms with E-state index < -0.39 is 11.4 Å². The predicted octanol–water partition coefficient (Wildman–Crippen LogP) is 3.10. The second-order valence-electron chi connectivity index (χ2n) is 6.57. The topological polar surface area (TPSA) is 69.6 Å². The van der Waals surface area contributed by atoms with E-state index in [1.54, 1.807) is 11.8 Å². The molecule has 1 atom stereocenters. The molecule has 122 valence electrons. The van der Waals surface area contributed by atoms with Crippen LogP contribution in [0.15, 0.2) is 0 Å². The number of rotatable bonds is 6. The largest absolute Gasteiger partial charge is 0.481 e. The molecule has 5 nitrogen and oxygen atoms in total. The van der Waals surface area contributed by atoms with Gasteiger partial charge in [0.25, 0.3) is 0 Å². The Hall–Kier alpha value is -1.26. The van der Waals surface area contributed by atoms with Gasteiger partial charge in [0, 0.05) is 19.6 Å². The summed E-state index contributed by atoms with van der Waals surface area (Å²) in [4.78, 5) is 25.2. The average molecular weight is 298 g/mol. The van der Waals surface area contributed by atoms with Crippen LogP contribution in [0.25, 0.3) is 0 Å². The van der Waals surface area contributed by atoms with Crippen molar-refractivity contribution >= 4 is 12.0 Å². The van der Waals surface area contributed by atoms with Crippen LogP contribution < -0.4 is 5.32 Å². The molecule has 0 spiro atoms. The van der Waals surface area contributed by atoms with Crippen LogP contribution >= 0.6 is 0 Å². The molecule has 1 rings (SSSR count). The van der Waals surface area contributed by atoms with Gasteiger partial charge in [0.15, 0.2) is 0 Å². The van der Waals surface area contributed by atoms with Crippen molar-refractivity contribution in [3.8, 4) is 0 Å². The number of amides is 2. The third-order valence-corrected chi connectivity index (χ3v) is 5.19. The van der Waals surface area contributed by atoms with Crippen molar-refractivity contribution < 1.29 is 14.7 Å². The zero-order valence-corrected chi connectivity index (χ0v) is 13.8. The lowest BCUT2D eigenvalue weighted by atomic mass is 9.84.